The molecule has 78 valence electrons. The van der Waals surface area contributed by atoms with E-state index in [1.165, 1.54) is 0 Å². The van der Waals surface area contributed by atoms with E-state index in [-0.39, 0.29) is 5.41 Å². The first kappa shape index (κ1) is 10.9. The van der Waals surface area contributed by atoms with Crippen molar-refractivity contribution < 1.29 is 8.42 Å². The van der Waals surface area contributed by atoms with E-state index in [4.69, 9.17) is 5.14 Å². The lowest BCUT2D eigenvalue weighted by atomic mass is 9.99. The number of nitrogens with one attached hydrogen (secondary N) is 2. The van der Waals surface area contributed by atoms with Crippen LogP contribution in [0.15, 0.2) is 0 Å². The summed E-state index contributed by atoms with van der Waals surface area (Å²) in [6.07, 6.45) is 2.11. The van der Waals surface area contributed by atoms with Gasteiger partial charge in [0.2, 0.25) is 0 Å². The van der Waals surface area contributed by atoms with Crippen molar-refractivity contribution in [1.82, 2.24) is 10.0 Å². The van der Waals surface area contributed by atoms with Gasteiger partial charge in [-0.25, -0.2) is 9.86 Å². The fraction of sp³-hybridized carbons (Fsp3) is 1.00. The fourth-order valence-electron chi connectivity index (χ4n) is 1.47. The second kappa shape index (κ2) is 3.53. The Kier molecular flexibility index (Phi) is 2.96. The SMILES string of the molecule is CNC(C)C1(CNS(N)(=O)=O)CC1. The van der Waals surface area contributed by atoms with Gasteiger partial charge in [-0.3, -0.25) is 0 Å². The quantitative estimate of drug-likeness (QED) is 0.550. The average Bonchev–Trinajstić information content (AvgIpc) is 2.79. The van der Waals surface area contributed by atoms with Gasteiger partial charge in [0.15, 0.2) is 0 Å². The molecule has 1 saturated carbocycles. The molecule has 6 heteroatoms. The Balaban J connectivity index is 2.45. The zero-order valence-corrected chi connectivity index (χ0v) is 8.82. The molecule has 0 aromatic rings. The standard InChI is InChI=1S/C7H17N3O2S/c1-6(9-2)7(3-4-7)5-10-13(8,11)12/h6,9-10H,3-5H2,1-2H3,(H2,8,11,12). The molecule has 4 N–H and O–H groups in total. The molecule has 0 saturated heterocycles. The lowest BCUT2D eigenvalue weighted by Gasteiger charge is -2.22. The minimum Gasteiger partial charge on any atom is -0.317 e. The Bertz CT molecular complexity index is 271. The van der Waals surface area contributed by atoms with Crippen LogP contribution in [-0.4, -0.2) is 28.1 Å². The van der Waals surface area contributed by atoms with Crippen LogP contribution < -0.4 is 15.2 Å². The third-order valence-electron chi connectivity index (χ3n) is 2.87. The monoisotopic (exact) mass is 207 g/mol. The Morgan fingerprint density at radius 2 is 2.08 bits per heavy atom. The molecule has 0 aromatic heterocycles. The Labute approximate surface area is 79.3 Å². The lowest BCUT2D eigenvalue weighted by Crippen LogP contribution is -2.42. The van der Waals surface area contributed by atoms with E-state index >= 15 is 0 Å². The number of hydrogen-bond acceptors (Lipinski definition) is 3. The normalized spacial score (nSPS) is 22.7. The van der Waals surface area contributed by atoms with E-state index in [2.05, 4.69) is 17.0 Å². The number of rotatable bonds is 5. The van der Waals surface area contributed by atoms with Crippen LogP contribution in [0.3, 0.4) is 0 Å². The van der Waals surface area contributed by atoms with Gasteiger partial charge < -0.3 is 5.32 Å². The van der Waals surface area contributed by atoms with Crippen molar-refractivity contribution in [1.29, 1.82) is 0 Å². The van der Waals surface area contributed by atoms with Crippen LogP contribution in [0.1, 0.15) is 19.8 Å². The third kappa shape index (κ3) is 2.91. The summed E-state index contributed by atoms with van der Waals surface area (Å²) in [5, 5.41) is 7.98. The third-order valence-corrected chi connectivity index (χ3v) is 3.42. The van der Waals surface area contributed by atoms with E-state index in [1.54, 1.807) is 0 Å². The molecule has 1 atom stereocenters. The summed E-state index contributed by atoms with van der Waals surface area (Å²) in [5.74, 6) is 0. The van der Waals surface area contributed by atoms with Crippen molar-refractivity contribution in [2.75, 3.05) is 13.6 Å². The summed E-state index contributed by atoms with van der Waals surface area (Å²) in [7, 11) is -1.66. The van der Waals surface area contributed by atoms with Crippen molar-refractivity contribution in [2.45, 2.75) is 25.8 Å². The second-order valence-electron chi connectivity index (χ2n) is 3.74. The lowest BCUT2D eigenvalue weighted by molar-refractivity contribution is 0.369. The molecule has 0 heterocycles. The summed E-state index contributed by atoms with van der Waals surface area (Å²) in [6, 6.07) is 0.321. The molecule has 0 amide bonds. The van der Waals surface area contributed by atoms with Crippen LogP contribution in [0.25, 0.3) is 0 Å². The highest BCUT2D eigenvalue weighted by Crippen LogP contribution is 2.47. The highest BCUT2D eigenvalue weighted by atomic mass is 32.2. The van der Waals surface area contributed by atoms with E-state index in [0.717, 1.165) is 12.8 Å². The second-order valence-corrected chi connectivity index (χ2v) is 5.12. The number of hydrogen-bond donors (Lipinski definition) is 3. The fourth-order valence-corrected chi connectivity index (χ4v) is 1.96. The smallest absolute Gasteiger partial charge is 0.274 e. The van der Waals surface area contributed by atoms with Gasteiger partial charge in [0.05, 0.1) is 0 Å². The molecule has 13 heavy (non-hydrogen) atoms. The van der Waals surface area contributed by atoms with Gasteiger partial charge in [0.1, 0.15) is 0 Å². The van der Waals surface area contributed by atoms with Gasteiger partial charge in [0.25, 0.3) is 10.2 Å². The largest absolute Gasteiger partial charge is 0.317 e. The maximum atomic E-state index is 10.7. The van der Waals surface area contributed by atoms with Crippen LogP contribution in [0.5, 0.6) is 0 Å². The van der Waals surface area contributed by atoms with Crippen molar-refractivity contribution in [3.63, 3.8) is 0 Å². The molecule has 1 aliphatic rings. The Morgan fingerprint density at radius 1 is 1.54 bits per heavy atom. The predicted molar refractivity (Wildman–Crippen MR) is 51.3 cm³/mol. The molecule has 0 aliphatic heterocycles. The zero-order chi connectivity index (χ0) is 10.1. The minimum absolute atomic E-state index is 0.0845. The van der Waals surface area contributed by atoms with E-state index in [0.29, 0.717) is 12.6 Å². The van der Waals surface area contributed by atoms with Gasteiger partial charge in [-0.15, -0.1) is 0 Å². The van der Waals surface area contributed by atoms with Crippen molar-refractivity contribution in [3.8, 4) is 0 Å². The molecule has 0 aromatic carbocycles. The van der Waals surface area contributed by atoms with Crippen LogP contribution in [0.4, 0.5) is 0 Å². The first-order valence-corrected chi connectivity index (χ1v) is 5.89. The Hall–Kier alpha value is -0.170. The molecule has 0 radical (unpaired) electrons. The first-order valence-electron chi connectivity index (χ1n) is 4.34. The molecular formula is C7H17N3O2S. The maximum Gasteiger partial charge on any atom is 0.274 e. The first-order chi connectivity index (χ1) is 5.90. The van der Waals surface area contributed by atoms with Crippen molar-refractivity contribution >= 4 is 10.2 Å². The molecule has 1 rings (SSSR count). The van der Waals surface area contributed by atoms with Gasteiger partial charge in [0, 0.05) is 12.6 Å². The van der Waals surface area contributed by atoms with Gasteiger partial charge in [-0.2, -0.15) is 8.42 Å². The van der Waals surface area contributed by atoms with Crippen molar-refractivity contribution in [3.05, 3.63) is 0 Å². The minimum atomic E-state index is -3.54. The predicted octanol–water partition coefficient (Wildman–Crippen LogP) is -0.832. The van der Waals surface area contributed by atoms with Crippen molar-refractivity contribution in [2.24, 2.45) is 10.6 Å². The average molecular weight is 207 g/mol. The molecule has 1 unspecified atom stereocenters. The molecular weight excluding hydrogens is 190 g/mol. The van der Waals surface area contributed by atoms with E-state index < -0.39 is 10.2 Å². The van der Waals surface area contributed by atoms with Gasteiger partial charge in [-0.05, 0) is 32.2 Å². The molecule has 0 bridgehead atoms. The Morgan fingerprint density at radius 3 is 2.38 bits per heavy atom. The van der Waals surface area contributed by atoms with Crippen LogP contribution in [-0.2, 0) is 10.2 Å². The summed E-state index contributed by atoms with van der Waals surface area (Å²) >= 11 is 0. The molecule has 0 spiro atoms. The highest BCUT2D eigenvalue weighted by molar-refractivity contribution is 7.87. The maximum absolute atomic E-state index is 10.7. The summed E-state index contributed by atoms with van der Waals surface area (Å²) in [6.45, 7) is 2.49. The van der Waals surface area contributed by atoms with E-state index in [9.17, 15) is 8.42 Å². The van der Waals surface area contributed by atoms with Crippen LogP contribution in [0, 0.1) is 5.41 Å². The molecule has 1 fully saturated rings. The van der Waals surface area contributed by atoms with Crippen LogP contribution >= 0.6 is 0 Å². The number of nitrogens with two attached hydrogens (primary N) is 1. The van der Waals surface area contributed by atoms with E-state index in [1.807, 2.05) is 7.05 Å². The van der Waals surface area contributed by atoms with Crippen LogP contribution in [0.2, 0.25) is 0 Å². The zero-order valence-electron chi connectivity index (χ0n) is 8.00. The summed E-state index contributed by atoms with van der Waals surface area (Å²) in [5.41, 5.74) is 0.0845. The molecule has 5 nitrogen and oxygen atoms in total. The highest BCUT2D eigenvalue weighted by Gasteiger charge is 2.46. The molecule has 1 aliphatic carbocycles. The van der Waals surface area contributed by atoms with Gasteiger partial charge >= 0.3 is 0 Å². The summed E-state index contributed by atoms with van der Waals surface area (Å²) < 4.78 is 23.7. The van der Waals surface area contributed by atoms with Gasteiger partial charge in [-0.1, -0.05) is 0 Å². The summed E-state index contributed by atoms with van der Waals surface area (Å²) in [4.78, 5) is 0. The topological polar surface area (TPSA) is 84.2 Å².